The lowest BCUT2D eigenvalue weighted by Crippen LogP contribution is -2.40. The SMILES string of the molecule is C=CC[C@@H](O)C[C@@H](CCCCO[Si](C)(C)C(C)(C)C)OC. The molecule has 0 saturated heterocycles. The fraction of sp³-hybridized carbons (Fsp3) is 0.882. The number of hydrogen-bond donors (Lipinski definition) is 1. The molecule has 0 aliphatic rings. The second-order valence-electron chi connectivity index (χ2n) is 7.38. The molecule has 3 nitrogen and oxygen atoms in total. The Balaban J connectivity index is 3.90. The van der Waals surface area contributed by atoms with Gasteiger partial charge in [0, 0.05) is 13.7 Å². The zero-order valence-electron chi connectivity index (χ0n) is 14.9. The molecule has 1 N–H and O–H groups in total. The van der Waals surface area contributed by atoms with E-state index in [-0.39, 0.29) is 17.2 Å². The van der Waals surface area contributed by atoms with Gasteiger partial charge in [-0.25, -0.2) is 0 Å². The summed E-state index contributed by atoms with van der Waals surface area (Å²) in [6.07, 6.45) is 5.98. The van der Waals surface area contributed by atoms with Gasteiger partial charge < -0.3 is 14.3 Å². The highest BCUT2D eigenvalue weighted by Crippen LogP contribution is 2.36. The Hall–Kier alpha value is -0.163. The van der Waals surface area contributed by atoms with E-state index in [1.807, 2.05) is 0 Å². The molecule has 0 radical (unpaired) electrons. The van der Waals surface area contributed by atoms with E-state index in [2.05, 4.69) is 40.4 Å². The summed E-state index contributed by atoms with van der Waals surface area (Å²) < 4.78 is 11.6. The fourth-order valence-corrected chi connectivity index (χ4v) is 3.03. The monoisotopic (exact) mass is 316 g/mol. The van der Waals surface area contributed by atoms with Crippen LogP contribution in [0.1, 0.15) is 52.9 Å². The molecule has 0 aromatic carbocycles. The van der Waals surface area contributed by atoms with Gasteiger partial charge in [0.05, 0.1) is 12.2 Å². The summed E-state index contributed by atoms with van der Waals surface area (Å²) in [5.41, 5.74) is 0. The Morgan fingerprint density at radius 2 is 1.86 bits per heavy atom. The number of methoxy groups -OCH3 is 1. The molecule has 126 valence electrons. The van der Waals surface area contributed by atoms with Crippen LogP contribution in [0.4, 0.5) is 0 Å². The number of aliphatic hydroxyl groups is 1. The summed E-state index contributed by atoms with van der Waals surface area (Å²) in [5.74, 6) is 0. The zero-order chi connectivity index (χ0) is 16.5. The number of hydrogen-bond acceptors (Lipinski definition) is 3. The molecular weight excluding hydrogens is 280 g/mol. The fourth-order valence-electron chi connectivity index (χ4n) is 1.94. The lowest BCUT2D eigenvalue weighted by molar-refractivity contribution is 0.0393. The van der Waals surface area contributed by atoms with Crippen molar-refractivity contribution in [2.24, 2.45) is 0 Å². The van der Waals surface area contributed by atoms with E-state index in [0.717, 1.165) is 25.9 Å². The van der Waals surface area contributed by atoms with Gasteiger partial charge in [0.25, 0.3) is 0 Å². The van der Waals surface area contributed by atoms with Crippen molar-refractivity contribution in [2.45, 2.75) is 83.2 Å². The van der Waals surface area contributed by atoms with Crippen LogP contribution in [0.2, 0.25) is 18.1 Å². The van der Waals surface area contributed by atoms with Crippen molar-refractivity contribution in [3.8, 4) is 0 Å². The molecule has 0 spiro atoms. The Kier molecular flexibility index (Phi) is 9.70. The summed E-state index contributed by atoms with van der Waals surface area (Å²) in [6.45, 7) is 15.9. The van der Waals surface area contributed by atoms with Crippen molar-refractivity contribution in [3.05, 3.63) is 12.7 Å². The largest absolute Gasteiger partial charge is 0.417 e. The van der Waals surface area contributed by atoms with E-state index in [1.165, 1.54) is 0 Å². The molecule has 21 heavy (non-hydrogen) atoms. The third kappa shape index (κ3) is 8.76. The van der Waals surface area contributed by atoms with Gasteiger partial charge in [-0.2, -0.15) is 0 Å². The molecule has 0 aliphatic carbocycles. The van der Waals surface area contributed by atoms with E-state index in [0.29, 0.717) is 12.8 Å². The molecule has 4 heteroatoms. The smallest absolute Gasteiger partial charge is 0.191 e. The van der Waals surface area contributed by atoms with Crippen LogP contribution in [0.15, 0.2) is 12.7 Å². The number of aliphatic hydroxyl groups excluding tert-OH is 1. The molecule has 0 heterocycles. The van der Waals surface area contributed by atoms with Crippen LogP contribution in [0, 0.1) is 0 Å². The molecule has 0 bridgehead atoms. The Morgan fingerprint density at radius 3 is 2.33 bits per heavy atom. The summed E-state index contributed by atoms with van der Waals surface area (Å²) in [7, 11) is 0.110. The van der Waals surface area contributed by atoms with Gasteiger partial charge in [0.2, 0.25) is 0 Å². The second-order valence-corrected chi connectivity index (χ2v) is 12.2. The Bertz CT molecular complexity index is 284. The predicted octanol–water partition coefficient (Wildman–Crippen LogP) is 4.52. The molecule has 0 unspecified atom stereocenters. The molecule has 0 amide bonds. The van der Waals surface area contributed by atoms with Crippen molar-refractivity contribution in [2.75, 3.05) is 13.7 Å². The predicted molar refractivity (Wildman–Crippen MR) is 93.2 cm³/mol. The standard InChI is InChI=1S/C17H36O3Si/c1-8-11-15(18)14-16(19-5)12-9-10-13-20-21(6,7)17(2,3)4/h8,15-16,18H,1,9-14H2,2-7H3/t15-,16-/m1/s1. The molecule has 0 aliphatic heterocycles. The average Bonchev–Trinajstić information content (AvgIpc) is 2.35. The first-order valence-electron chi connectivity index (χ1n) is 8.09. The van der Waals surface area contributed by atoms with Crippen molar-refractivity contribution < 1.29 is 14.3 Å². The number of unbranched alkanes of at least 4 members (excludes halogenated alkanes) is 1. The highest BCUT2D eigenvalue weighted by atomic mass is 28.4. The van der Waals surface area contributed by atoms with Crippen LogP contribution in [0.3, 0.4) is 0 Å². The van der Waals surface area contributed by atoms with Crippen LogP contribution >= 0.6 is 0 Å². The van der Waals surface area contributed by atoms with E-state index < -0.39 is 8.32 Å². The first-order chi connectivity index (χ1) is 9.64. The minimum Gasteiger partial charge on any atom is -0.417 e. The molecular formula is C17H36O3Si. The van der Waals surface area contributed by atoms with Crippen LogP contribution < -0.4 is 0 Å². The zero-order valence-corrected chi connectivity index (χ0v) is 15.9. The topological polar surface area (TPSA) is 38.7 Å². The minimum absolute atomic E-state index is 0.132. The minimum atomic E-state index is -1.61. The Morgan fingerprint density at radius 1 is 1.24 bits per heavy atom. The first kappa shape index (κ1) is 20.8. The molecule has 0 saturated carbocycles. The number of rotatable bonds is 11. The van der Waals surface area contributed by atoms with Crippen molar-refractivity contribution in [1.29, 1.82) is 0 Å². The maximum Gasteiger partial charge on any atom is 0.191 e. The maximum atomic E-state index is 9.78. The van der Waals surface area contributed by atoms with Gasteiger partial charge in [0.15, 0.2) is 8.32 Å². The highest BCUT2D eigenvalue weighted by Gasteiger charge is 2.36. The van der Waals surface area contributed by atoms with Gasteiger partial charge >= 0.3 is 0 Å². The molecule has 2 atom stereocenters. The van der Waals surface area contributed by atoms with Gasteiger partial charge in [-0.15, -0.1) is 6.58 Å². The van der Waals surface area contributed by atoms with Crippen LogP contribution in [-0.4, -0.2) is 39.3 Å². The molecule has 0 aromatic rings. The quantitative estimate of drug-likeness (QED) is 0.346. The van der Waals surface area contributed by atoms with Gasteiger partial charge in [-0.05, 0) is 50.2 Å². The van der Waals surface area contributed by atoms with Crippen molar-refractivity contribution in [3.63, 3.8) is 0 Å². The van der Waals surface area contributed by atoms with E-state index >= 15 is 0 Å². The summed E-state index contributed by atoms with van der Waals surface area (Å²) in [5, 5.41) is 10.1. The third-order valence-corrected chi connectivity index (χ3v) is 9.03. The molecule has 0 aromatic heterocycles. The summed E-state index contributed by atoms with van der Waals surface area (Å²) >= 11 is 0. The van der Waals surface area contributed by atoms with Gasteiger partial charge in [0.1, 0.15) is 0 Å². The first-order valence-corrected chi connectivity index (χ1v) is 11.0. The lowest BCUT2D eigenvalue weighted by Gasteiger charge is -2.36. The summed E-state index contributed by atoms with van der Waals surface area (Å²) in [6, 6.07) is 0. The molecule has 0 rings (SSSR count). The average molecular weight is 317 g/mol. The van der Waals surface area contributed by atoms with Crippen LogP contribution in [0.5, 0.6) is 0 Å². The number of ether oxygens (including phenoxy) is 1. The lowest BCUT2D eigenvalue weighted by atomic mass is 10.0. The normalized spacial score (nSPS) is 15.8. The van der Waals surface area contributed by atoms with E-state index in [4.69, 9.17) is 9.16 Å². The van der Waals surface area contributed by atoms with Gasteiger partial charge in [-0.3, -0.25) is 0 Å². The van der Waals surface area contributed by atoms with E-state index in [1.54, 1.807) is 13.2 Å². The molecule has 0 fully saturated rings. The van der Waals surface area contributed by atoms with Gasteiger partial charge in [-0.1, -0.05) is 26.8 Å². The van der Waals surface area contributed by atoms with Crippen molar-refractivity contribution >= 4 is 8.32 Å². The van der Waals surface area contributed by atoms with Crippen molar-refractivity contribution in [1.82, 2.24) is 0 Å². The Labute approximate surface area is 132 Å². The second kappa shape index (κ2) is 9.77. The highest BCUT2D eigenvalue weighted by molar-refractivity contribution is 6.74. The summed E-state index contributed by atoms with van der Waals surface area (Å²) in [4.78, 5) is 0. The van der Waals surface area contributed by atoms with E-state index in [9.17, 15) is 5.11 Å². The maximum absolute atomic E-state index is 9.78. The van der Waals surface area contributed by atoms with Crippen LogP contribution in [0.25, 0.3) is 0 Å². The van der Waals surface area contributed by atoms with Crippen LogP contribution in [-0.2, 0) is 9.16 Å². The third-order valence-electron chi connectivity index (χ3n) is 4.50.